The molecule has 0 radical (unpaired) electrons. The molecule has 1 rings (SSSR count). The molecule has 3 nitrogen and oxygen atoms in total. The third-order valence-electron chi connectivity index (χ3n) is 1.63. The number of pyridine rings is 1. The van der Waals surface area contributed by atoms with Gasteiger partial charge in [-0.15, -0.1) is 0 Å². The molecule has 0 saturated heterocycles. The van der Waals surface area contributed by atoms with Gasteiger partial charge in [-0.2, -0.15) is 0 Å². The summed E-state index contributed by atoms with van der Waals surface area (Å²) >= 11 is 0. The van der Waals surface area contributed by atoms with Gasteiger partial charge in [-0.05, 0) is 31.9 Å². The second-order valence-corrected chi connectivity index (χ2v) is 2.63. The van der Waals surface area contributed by atoms with Crippen molar-refractivity contribution in [2.75, 3.05) is 6.54 Å². The van der Waals surface area contributed by atoms with Crippen LogP contribution in [0.3, 0.4) is 0 Å². The average molecular weight is 188 g/mol. The third-order valence-corrected chi connectivity index (χ3v) is 1.63. The SMILES string of the molecule is CC#Cc1ncccc1C(=O)NCC. The minimum absolute atomic E-state index is 0.127. The number of aromatic nitrogens is 1. The maximum atomic E-state index is 11.5. The second-order valence-electron chi connectivity index (χ2n) is 2.63. The Kier molecular flexibility index (Phi) is 3.69. The molecule has 1 aromatic rings. The van der Waals surface area contributed by atoms with Crippen LogP contribution >= 0.6 is 0 Å². The minimum atomic E-state index is -0.127. The first-order valence-electron chi connectivity index (χ1n) is 4.45. The lowest BCUT2D eigenvalue weighted by Crippen LogP contribution is -2.23. The summed E-state index contributed by atoms with van der Waals surface area (Å²) in [5.41, 5.74) is 1.06. The average Bonchev–Trinajstić information content (AvgIpc) is 2.19. The van der Waals surface area contributed by atoms with Crippen LogP contribution in [0.15, 0.2) is 18.3 Å². The molecule has 0 spiro atoms. The highest BCUT2D eigenvalue weighted by atomic mass is 16.1. The molecule has 0 aliphatic heterocycles. The summed E-state index contributed by atoms with van der Waals surface area (Å²) in [5, 5.41) is 2.71. The zero-order valence-corrected chi connectivity index (χ0v) is 8.29. The summed E-state index contributed by atoms with van der Waals surface area (Å²) in [5.74, 6) is 5.40. The van der Waals surface area contributed by atoms with Crippen molar-refractivity contribution in [1.29, 1.82) is 0 Å². The van der Waals surface area contributed by atoms with E-state index in [9.17, 15) is 4.79 Å². The van der Waals surface area contributed by atoms with Crippen molar-refractivity contribution in [2.24, 2.45) is 0 Å². The molecule has 0 aromatic carbocycles. The van der Waals surface area contributed by atoms with Gasteiger partial charge in [0.15, 0.2) is 0 Å². The Bertz CT molecular complexity index is 388. The van der Waals surface area contributed by atoms with Crippen molar-refractivity contribution >= 4 is 5.91 Å². The first-order valence-corrected chi connectivity index (χ1v) is 4.45. The lowest BCUT2D eigenvalue weighted by molar-refractivity contribution is 0.0955. The lowest BCUT2D eigenvalue weighted by atomic mass is 10.2. The van der Waals surface area contributed by atoms with Crippen LogP contribution in [0.1, 0.15) is 29.9 Å². The molecule has 0 aliphatic rings. The van der Waals surface area contributed by atoms with Gasteiger partial charge in [0, 0.05) is 12.7 Å². The summed E-state index contributed by atoms with van der Waals surface area (Å²) < 4.78 is 0. The van der Waals surface area contributed by atoms with Crippen molar-refractivity contribution < 1.29 is 4.79 Å². The number of carbonyl (C=O) groups excluding carboxylic acids is 1. The van der Waals surface area contributed by atoms with Crippen molar-refractivity contribution in [3.8, 4) is 11.8 Å². The van der Waals surface area contributed by atoms with Crippen LogP contribution in [0, 0.1) is 11.8 Å². The zero-order valence-electron chi connectivity index (χ0n) is 8.29. The predicted octanol–water partition coefficient (Wildman–Crippen LogP) is 1.20. The van der Waals surface area contributed by atoms with Gasteiger partial charge in [-0.3, -0.25) is 4.79 Å². The summed E-state index contributed by atoms with van der Waals surface area (Å²) in [6, 6.07) is 3.45. The molecule has 14 heavy (non-hydrogen) atoms. The highest BCUT2D eigenvalue weighted by Crippen LogP contribution is 2.03. The molecule has 1 aromatic heterocycles. The number of rotatable bonds is 2. The topological polar surface area (TPSA) is 42.0 Å². The fraction of sp³-hybridized carbons (Fsp3) is 0.273. The Morgan fingerprint density at radius 2 is 2.43 bits per heavy atom. The van der Waals surface area contributed by atoms with Crippen LogP contribution < -0.4 is 5.32 Å². The number of carbonyl (C=O) groups is 1. The minimum Gasteiger partial charge on any atom is -0.352 e. The molecule has 0 atom stereocenters. The first-order chi connectivity index (χ1) is 6.79. The van der Waals surface area contributed by atoms with Crippen LogP contribution in [0.25, 0.3) is 0 Å². The molecule has 1 N–H and O–H groups in total. The summed E-state index contributed by atoms with van der Waals surface area (Å²) in [6.07, 6.45) is 1.63. The first kappa shape index (κ1) is 10.3. The van der Waals surface area contributed by atoms with Gasteiger partial charge in [0.05, 0.1) is 5.56 Å². The van der Waals surface area contributed by atoms with E-state index in [1.165, 1.54) is 0 Å². The van der Waals surface area contributed by atoms with E-state index in [4.69, 9.17) is 0 Å². The van der Waals surface area contributed by atoms with Gasteiger partial charge in [0.2, 0.25) is 0 Å². The van der Waals surface area contributed by atoms with Gasteiger partial charge in [0.1, 0.15) is 5.69 Å². The maximum Gasteiger partial charge on any atom is 0.254 e. The van der Waals surface area contributed by atoms with Crippen LogP contribution in [-0.4, -0.2) is 17.4 Å². The van der Waals surface area contributed by atoms with Gasteiger partial charge in [-0.1, -0.05) is 5.92 Å². The highest BCUT2D eigenvalue weighted by Gasteiger charge is 2.08. The molecular weight excluding hydrogens is 176 g/mol. The Hall–Kier alpha value is -1.82. The number of nitrogens with one attached hydrogen (secondary N) is 1. The fourth-order valence-corrected chi connectivity index (χ4v) is 1.06. The van der Waals surface area contributed by atoms with Crippen LogP contribution in [0.2, 0.25) is 0 Å². The van der Waals surface area contributed by atoms with E-state index in [0.717, 1.165) is 0 Å². The molecule has 0 unspecified atom stereocenters. The molecule has 72 valence electrons. The predicted molar refractivity (Wildman–Crippen MR) is 54.8 cm³/mol. The number of nitrogens with zero attached hydrogens (tertiary/aromatic N) is 1. The number of hydrogen-bond acceptors (Lipinski definition) is 2. The van der Waals surface area contributed by atoms with Crippen LogP contribution in [-0.2, 0) is 0 Å². The molecule has 1 heterocycles. The standard InChI is InChI=1S/C11H12N2O/c1-3-6-10-9(7-5-8-13-10)11(14)12-4-2/h5,7-8H,4H2,1-2H3,(H,12,14). The Balaban J connectivity index is 3.04. The lowest BCUT2D eigenvalue weighted by Gasteiger charge is -2.02. The van der Waals surface area contributed by atoms with E-state index in [0.29, 0.717) is 17.8 Å². The van der Waals surface area contributed by atoms with Crippen LogP contribution in [0.5, 0.6) is 0 Å². The Labute approximate surface area is 83.6 Å². The van der Waals surface area contributed by atoms with Gasteiger partial charge >= 0.3 is 0 Å². The van der Waals surface area contributed by atoms with Gasteiger partial charge in [-0.25, -0.2) is 4.98 Å². The quantitative estimate of drug-likeness (QED) is 0.709. The summed E-state index contributed by atoms with van der Waals surface area (Å²) in [6.45, 7) is 4.20. The molecule has 1 amide bonds. The van der Waals surface area contributed by atoms with Gasteiger partial charge in [0.25, 0.3) is 5.91 Å². The van der Waals surface area contributed by atoms with Crippen molar-refractivity contribution in [3.05, 3.63) is 29.6 Å². The van der Waals surface area contributed by atoms with E-state index >= 15 is 0 Å². The third kappa shape index (κ3) is 2.33. The second kappa shape index (κ2) is 5.03. The maximum absolute atomic E-state index is 11.5. The molecule has 0 aliphatic carbocycles. The van der Waals surface area contributed by atoms with Crippen molar-refractivity contribution in [2.45, 2.75) is 13.8 Å². The van der Waals surface area contributed by atoms with Gasteiger partial charge < -0.3 is 5.32 Å². The normalized spacial score (nSPS) is 8.71. The number of hydrogen-bond donors (Lipinski definition) is 1. The summed E-state index contributed by atoms with van der Waals surface area (Å²) in [7, 11) is 0. The van der Waals surface area contributed by atoms with Crippen LogP contribution in [0.4, 0.5) is 0 Å². The monoisotopic (exact) mass is 188 g/mol. The molecule has 0 fully saturated rings. The van der Waals surface area contributed by atoms with E-state index in [-0.39, 0.29) is 5.91 Å². The van der Waals surface area contributed by atoms with E-state index < -0.39 is 0 Å². The number of amides is 1. The van der Waals surface area contributed by atoms with E-state index in [2.05, 4.69) is 22.1 Å². The highest BCUT2D eigenvalue weighted by molar-refractivity contribution is 5.96. The smallest absolute Gasteiger partial charge is 0.254 e. The molecular formula is C11H12N2O. The fourth-order valence-electron chi connectivity index (χ4n) is 1.06. The molecule has 3 heteroatoms. The Morgan fingerprint density at radius 3 is 3.07 bits per heavy atom. The molecule has 0 saturated carbocycles. The summed E-state index contributed by atoms with van der Waals surface area (Å²) in [4.78, 5) is 15.6. The van der Waals surface area contributed by atoms with E-state index in [1.807, 2.05) is 6.92 Å². The Morgan fingerprint density at radius 1 is 1.64 bits per heavy atom. The van der Waals surface area contributed by atoms with Crippen molar-refractivity contribution in [3.63, 3.8) is 0 Å². The van der Waals surface area contributed by atoms with Crippen molar-refractivity contribution in [1.82, 2.24) is 10.3 Å². The molecule has 0 bridgehead atoms. The van der Waals surface area contributed by atoms with E-state index in [1.54, 1.807) is 25.3 Å². The zero-order chi connectivity index (χ0) is 10.4. The largest absolute Gasteiger partial charge is 0.352 e.